The number of aromatic hydroxyl groups is 1. The third-order valence-corrected chi connectivity index (χ3v) is 6.27. The van der Waals surface area contributed by atoms with E-state index in [9.17, 15) is 5.11 Å². The van der Waals surface area contributed by atoms with Gasteiger partial charge in [-0.1, -0.05) is 36.4 Å². The van der Waals surface area contributed by atoms with Gasteiger partial charge in [-0.2, -0.15) is 0 Å². The predicted octanol–water partition coefficient (Wildman–Crippen LogP) is 4.97. The van der Waals surface area contributed by atoms with Gasteiger partial charge in [-0.25, -0.2) is 0 Å². The summed E-state index contributed by atoms with van der Waals surface area (Å²) in [5, 5.41) is 16.3. The molecule has 4 nitrogen and oxygen atoms in total. The smallest absolute Gasteiger partial charge is 0.123 e. The molecule has 3 aromatic rings. The number of fused-ring (bicyclic) bond motifs is 5. The molecule has 0 unspecified atom stereocenters. The average molecular weight is 361 g/mol. The lowest BCUT2D eigenvalue weighted by atomic mass is 9.72. The molecule has 0 saturated carbocycles. The number of phenolic OH excluding ortho intramolecular Hbond substituents is 1. The first kappa shape index (κ1) is 16.5. The molecule has 2 N–H and O–H groups in total. The largest absolute Gasteiger partial charge is 0.507 e. The van der Waals surface area contributed by atoms with Gasteiger partial charge in [0.1, 0.15) is 11.5 Å². The Bertz CT molecular complexity index is 1010. The van der Waals surface area contributed by atoms with Gasteiger partial charge in [0.15, 0.2) is 0 Å². The molecule has 0 spiro atoms. The van der Waals surface area contributed by atoms with Crippen LogP contribution in [0.25, 0.3) is 10.8 Å². The third kappa shape index (κ3) is 2.33. The average Bonchev–Trinajstić information content (AvgIpc) is 3.11. The van der Waals surface area contributed by atoms with E-state index in [1.807, 2.05) is 36.4 Å². The molecule has 1 fully saturated rings. The zero-order valence-electron chi connectivity index (χ0n) is 15.5. The molecule has 2 aliphatic heterocycles. The summed E-state index contributed by atoms with van der Waals surface area (Å²) in [6.07, 6.45) is 0.979. The van der Waals surface area contributed by atoms with Gasteiger partial charge in [0.25, 0.3) is 0 Å². The minimum absolute atomic E-state index is 0.142. The van der Waals surface area contributed by atoms with Crippen molar-refractivity contribution in [1.29, 1.82) is 0 Å². The van der Waals surface area contributed by atoms with Gasteiger partial charge in [0.2, 0.25) is 0 Å². The van der Waals surface area contributed by atoms with Gasteiger partial charge < -0.3 is 19.9 Å². The topological polar surface area (TPSA) is 50.7 Å². The van der Waals surface area contributed by atoms with E-state index in [1.54, 1.807) is 7.11 Å². The van der Waals surface area contributed by atoms with Crippen LogP contribution in [-0.4, -0.2) is 18.8 Å². The quantitative estimate of drug-likeness (QED) is 0.633. The molecule has 138 valence electrons. The van der Waals surface area contributed by atoms with Crippen LogP contribution in [0.3, 0.4) is 0 Å². The normalized spacial score (nSPS) is 26.3. The Hall–Kier alpha value is -2.72. The van der Waals surface area contributed by atoms with Crippen LogP contribution in [0.15, 0.2) is 54.6 Å². The summed E-state index contributed by atoms with van der Waals surface area (Å²) in [4.78, 5) is 0. The maximum absolute atomic E-state index is 10.6. The number of nitrogens with one attached hydrogen (secondary N) is 1. The molecule has 0 amide bonds. The van der Waals surface area contributed by atoms with E-state index in [4.69, 9.17) is 9.47 Å². The van der Waals surface area contributed by atoms with Gasteiger partial charge in [0.05, 0.1) is 18.8 Å². The lowest BCUT2D eigenvalue weighted by molar-refractivity contribution is -0.0178. The van der Waals surface area contributed by atoms with Crippen molar-refractivity contribution in [3.8, 4) is 11.5 Å². The van der Waals surface area contributed by atoms with Crippen molar-refractivity contribution in [3.63, 3.8) is 0 Å². The second kappa shape index (κ2) is 5.89. The van der Waals surface area contributed by atoms with Crippen molar-refractivity contribution in [2.75, 3.05) is 19.0 Å². The lowest BCUT2D eigenvalue weighted by Gasteiger charge is -2.44. The molecule has 4 heteroatoms. The van der Waals surface area contributed by atoms with E-state index < -0.39 is 5.60 Å². The zero-order chi connectivity index (χ0) is 18.6. The number of ether oxygens (including phenoxy) is 2. The highest BCUT2D eigenvalue weighted by molar-refractivity contribution is 6.00. The van der Waals surface area contributed by atoms with E-state index in [1.165, 1.54) is 5.56 Å². The molecule has 0 radical (unpaired) electrons. The summed E-state index contributed by atoms with van der Waals surface area (Å²) in [6.45, 7) is 2.89. The number of methoxy groups -OCH3 is 1. The predicted molar refractivity (Wildman–Crippen MR) is 106 cm³/mol. The molecule has 1 saturated heterocycles. The van der Waals surface area contributed by atoms with E-state index >= 15 is 0 Å². The number of benzene rings is 3. The fourth-order valence-corrected chi connectivity index (χ4v) is 4.83. The molecular weight excluding hydrogens is 338 g/mol. The minimum Gasteiger partial charge on any atom is -0.507 e. The van der Waals surface area contributed by atoms with Crippen molar-refractivity contribution >= 4 is 16.5 Å². The highest BCUT2D eigenvalue weighted by Gasteiger charge is 2.51. The Morgan fingerprint density at radius 2 is 1.85 bits per heavy atom. The van der Waals surface area contributed by atoms with Gasteiger partial charge >= 0.3 is 0 Å². The second-order valence-corrected chi connectivity index (χ2v) is 7.61. The van der Waals surface area contributed by atoms with Crippen molar-refractivity contribution in [3.05, 3.63) is 65.7 Å². The summed E-state index contributed by atoms with van der Waals surface area (Å²) in [5.74, 6) is 1.46. The summed E-state index contributed by atoms with van der Waals surface area (Å²) < 4.78 is 11.6. The number of hydrogen-bond acceptors (Lipinski definition) is 4. The molecule has 5 rings (SSSR count). The van der Waals surface area contributed by atoms with Crippen molar-refractivity contribution in [2.24, 2.45) is 5.92 Å². The SMILES string of the molecule is COc1ccc([C@@H]2Nc3c(cc(O)c4ccccc34)[C@@]3(C)OCC[C@@H]23)cc1. The highest BCUT2D eigenvalue weighted by atomic mass is 16.5. The highest BCUT2D eigenvalue weighted by Crippen LogP contribution is 2.56. The van der Waals surface area contributed by atoms with Gasteiger partial charge in [-0.05, 0) is 37.1 Å². The first-order chi connectivity index (χ1) is 13.1. The van der Waals surface area contributed by atoms with Crippen LogP contribution in [0.5, 0.6) is 11.5 Å². The van der Waals surface area contributed by atoms with Crippen LogP contribution >= 0.6 is 0 Å². The Labute approximate surface area is 158 Å². The maximum Gasteiger partial charge on any atom is 0.123 e. The van der Waals surface area contributed by atoms with E-state index in [0.29, 0.717) is 11.7 Å². The molecule has 27 heavy (non-hydrogen) atoms. The Morgan fingerprint density at radius 3 is 2.59 bits per heavy atom. The van der Waals surface area contributed by atoms with Crippen LogP contribution in [-0.2, 0) is 10.3 Å². The molecule has 0 aliphatic carbocycles. The molecule has 0 aromatic heterocycles. The summed E-state index contributed by atoms with van der Waals surface area (Å²) in [6, 6.07) is 18.3. The molecule has 2 aliphatic rings. The number of hydrogen-bond donors (Lipinski definition) is 2. The van der Waals surface area contributed by atoms with Crippen molar-refractivity contribution in [1.82, 2.24) is 0 Å². The molecule has 2 heterocycles. The standard InChI is InChI=1S/C23H23NO3/c1-23-18(11-12-27-23)21(14-7-9-15(26-2)10-8-14)24-22-17-6-4-3-5-16(17)20(25)13-19(22)23/h3-10,13,18,21,24-25H,11-12H2,1-2H3/t18-,21-,23-/m0/s1. The number of rotatable bonds is 2. The van der Waals surface area contributed by atoms with Crippen LogP contribution in [0.4, 0.5) is 5.69 Å². The van der Waals surface area contributed by atoms with Crippen molar-refractivity contribution in [2.45, 2.75) is 25.0 Å². The zero-order valence-corrected chi connectivity index (χ0v) is 15.5. The third-order valence-electron chi connectivity index (χ3n) is 6.27. The monoisotopic (exact) mass is 361 g/mol. The minimum atomic E-state index is -0.424. The molecule has 0 bridgehead atoms. The Morgan fingerprint density at radius 1 is 1.11 bits per heavy atom. The van der Waals surface area contributed by atoms with Crippen molar-refractivity contribution < 1.29 is 14.6 Å². The number of phenols is 1. The van der Waals surface area contributed by atoms with Crippen LogP contribution < -0.4 is 10.1 Å². The second-order valence-electron chi connectivity index (χ2n) is 7.61. The van der Waals surface area contributed by atoms with E-state index in [-0.39, 0.29) is 6.04 Å². The van der Waals surface area contributed by atoms with Gasteiger partial charge in [0, 0.05) is 34.5 Å². The van der Waals surface area contributed by atoms with E-state index in [0.717, 1.165) is 40.8 Å². The summed E-state index contributed by atoms with van der Waals surface area (Å²) >= 11 is 0. The Balaban J connectivity index is 1.71. The Kier molecular flexibility index (Phi) is 3.59. The van der Waals surface area contributed by atoms with Crippen LogP contribution in [0.2, 0.25) is 0 Å². The van der Waals surface area contributed by atoms with Gasteiger partial charge in [-0.3, -0.25) is 0 Å². The summed E-state index contributed by atoms with van der Waals surface area (Å²) in [5.41, 5.74) is 2.91. The molecule has 3 aromatic carbocycles. The first-order valence-electron chi connectivity index (χ1n) is 9.41. The number of anilines is 1. The van der Waals surface area contributed by atoms with E-state index in [2.05, 4.69) is 30.4 Å². The summed E-state index contributed by atoms with van der Waals surface area (Å²) in [7, 11) is 1.69. The first-order valence-corrected chi connectivity index (χ1v) is 9.41. The lowest BCUT2D eigenvalue weighted by Crippen LogP contribution is -2.40. The fourth-order valence-electron chi connectivity index (χ4n) is 4.83. The maximum atomic E-state index is 10.6. The molecule has 3 atom stereocenters. The van der Waals surface area contributed by atoms with Gasteiger partial charge in [-0.15, -0.1) is 0 Å². The van der Waals surface area contributed by atoms with Crippen LogP contribution in [0, 0.1) is 5.92 Å². The van der Waals surface area contributed by atoms with Crippen LogP contribution in [0.1, 0.15) is 30.5 Å². The molecular formula is C23H23NO3. The fraction of sp³-hybridized carbons (Fsp3) is 0.304.